The summed E-state index contributed by atoms with van der Waals surface area (Å²) in [6.45, 7) is 1.14. The average Bonchev–Trinajstić information content (AvgIpc) is 2.61. The summed E-state index contributed by atoms with van der Waals surface area (Å²) in [4.78, 5) is 28.0. The van der Waals surface area contributed by atoms with Crippen LogP contribution in [0.3, 0.4) is 0 Å². The van der Waals surface area contributed by atoms with Gasteiger partial charge >= 0.3 is 6.36 Å². The Labute approximate surface area is 151 Å². The van der Waals surface area contributed by atoms with Gasteiger partial charge in [0.25, 0.3) is 5.91 Å². The minimum absolute atomic E-state index is 0.0969. The number of hydrogen-bond acceptors (Lipinski definition) is 5. The molecule has 7 nitrogen and oxygen atoms in total. The summed E-state index contributed by atoms with van der Waals surface area (Å²) in [7, 11) is 0. The first-order valence-corrected chi connectivity index (χ1v) is 7.76. The topological polar surface area (TPSA) is 91.8 Å². The molecule has 2 amide bonds. The van der Waals surface area contributed by atoms with E-state index in [4.69, 9.17) is 0 Å². The smallest absolute Gasteiger partial charge is 0.406 e. The number of carbonyl (C=O) groups is 2. The van der Waals surface area contributed by atoms with Gasteiger partial charge in [-0.25, -0.2) is 4.39 Å². The molecule has 0 saturated carbocycles. The summed E-state index contributed by atoms with van der Waals surface area (Å²) in [5.74, 6) is -2.69. The molecule has 146 valence electrons. The Morgan fingerprint density at radius 3 is 2.67 bits per heavy atom. The van der Waals surface area contributed by atoms with Gasteiger partial charge in [0, 0.05) is 30.9 Å². The summed E-state index contributed by atoms with van der Waals surface area (Å²) < 4.78 is 54.4. The van der Waals surface area contributed by atoms with Gasteiger partial charge in [0.1, 0.15) is 11.6 Å². The Kier molecular flexibility index (Phi) is 6.03. The zero-order valence-corrected chi connectivity index (χ0v) is 14.1. The number of halogens is 4. The summed E-state index contributed by atoms with van der Waals surface area (Å²) in [6, 6.07) is 2.43. The Hall–Kier alpha value is -3.11. The number of amides is 2. The van der Waals surface area contributed by atoms with Gasteiger partial charge in [-0.1, -0.05) is 6.92 Å². The third kappa shape index (κ3) is 5.43. The lowest BCUT2D eigenvalue weighted by atomic mass is 10.1. The van der Waals surface area contributed by atoms with Gasteiger partial charge in [-0.15, -0.1) is 13.2 Å². The van der Waals surface area contributed by atoms with E-state index in [0.717, 1.165) is 24.4 Å². The van der Waals surface area contributed by atoms with Crippen LogP contribution in [0.25, 0.3) is 0 Å². The normalized spacial score (nSPS) is 18.6. The van der Waals surface area contributed by atoms with Gasteiger partial charge in [0.05, 0.1) is 6.21 Å². The third-order valence-corrected chi connectivity index (χ3v) is 3.45. The highest BCUT2D eigenvalue weighted by molar-refractivity contribution is 6.06. The van der Waals surface area contributed by atoms with Crippen molar-refractivity contribution < 1.29 is 31.9 Å². The van der Waals surface area contributed by atoms with Crippen LogP contribution in [0.15, 0.2) is 35.6 Å². The van der Waals surface area contributed by atoms with E-state index in [-0.39, 0.29) is 12.0 Å². The van der Waals surface area contributed by atoms with Crippen molar-refractivity contribution in [2.45, 2.75) is 31.9 Å². The van der Waals surface area contributed by atoms with Crippen LogP contribution in [0.5, 0.6) is 5.75 Å². The quantitative estimate of drug-likeness (QED) is 0.647. The number of ether oxygens (including phenoxy) is 1. The molecule has 1 aromatic rings. The van der Waals surface area contributed by atoms with Crippen molar-refractivity contribution in [2.75, 3.05) is 0 Å². The lowest BCUT2D eigenvalue weighted by Crippen LogP contribution is -2.67. The van der Waals surface area contributed by atoms with Crippen molar-refractivity contribution in [3.8, 4) is 5.75 Å². The molecule has 27 heavy (non-hydrogen) atoms. The van der Waals surface area contributed by atoms with Crippen molar-refractivity contribution in [1.82, 2.24) is 16.0 Å². The predicted molar refractivity (Wildman–Crippen MR) is 86.9 cm³/mol. The Morgan fingerprint density at radius 2 is 2.07 bits per heavy atom. The van der Waals surface area contributed by atoms with Gasteiger partial charge in [-0.3, -0.25) is 14.6 Å². The maximum absolute atomic E-state index is 13.8. The number of carbonyl (C=O) groups excluding carboxylic acids is 2. The Bertz CT molecular complexity index is 779. The molecule has 0 aliphatic carbocycles. The number of alkyl halides is 3. The number of benzene rings is 1. The summed E-state index contributed by atoms with van der Waals surface area (Å²) >= 11 is 0. The first-order chi connectivity index (χ1) is 12.6. The van der Waals surface area contributed by atoms with Crippen molar-refractivity contribution in [3.63, 3.8) is 0 Å². The summed E-state index contributed by atoms with van der Waals surface area (Å²) in [5.41, 5.74) is -1.93. The largest absolute Gasteiger partial charge is 0.573 e. The van der Waals surface area contributed by atoms with Crippen molar-refractivity contribution in [2.24, 2.45) is 4.99 Å². The second-order valence-electron chi connectivity index (χ2n) is 5.43. The highest BCUT2D eigenvalue weighted by Gasteiger charge is 2.38. The Balaban J connectivity index is 2.13. The van der Waals surface area contributed by atoms with Crippen LogP contribution in [-0.2, 0) is 16.1 Å². The van der Waals surface area contributed by atoms with E-state index in [9.17, 15) is 27.2 Å². The summed E-state index contributed by atoms with van der Waals surface area (Å²) in [5, 5.41) is 7.45. The van der Waals surface area contributed by atoms with E-state index in [2.05, 4.69) is 25.7 Å². The fraction of sp³-hybridized carbons (Fsp3) is 0.312. The molecule has 0 fully saturated rings. The number of aliphatic imine (C=N–C) groups is 1. The molecule has 1 atom stereocenters. The molecule has 1 aliphatic rings. The fourth-order valence-corrected chi connectivity index (χ4v) is 2.16. The van der Waals surface area contributed by atoms with Crippen LogP contribution in [-0.4, -0.2) is 30.1 Å². The molecule has 1 aliphatic heterocycles. The molecule has 0 radical (unpaired) electrons. The number of hydrogen-bond donors (Lipinski definition) is 3. The molecular weight excluding hydrogens is 372 g/mol. The Morgan fingerprint density at radius 1 is 1.33 bits per heavy atom. The van der Waals surface area contributed by atoms with Crippen molar-refractivity contribution >= 4 is 18.0 Å². The fourth-order valence-electron chi connectivity index (χ4n) is 2.16. The molecule has 2 rings (SSSR count). The second kappa shape index (κ2) is 8.06. The first-order valence-electron chi connectivity index (χ1n) is 7.76. The van der Waals surface area contributed by atoms with Gasteiger partial charge in [0.15, 0.2) is 0 Å². The second-order valence-corrected chi connectivity index (χ2v) is 5.43. The van der Waals surface area contributed by atoms with E-state index >= 15 is 0 Å². The SMILES string of the molecule is CCC(=O)NC1(C(=O)NCc2cc(OC(F)(F)F)ccc2F)C=NC=CN1. The van der Waals surface area contributed by atoms with Gasteiger partial charge < -0.3 is 20.7 Å². The van der Waals surface area contributed by atoms with Gasteiger partial charge in [0.2, 0.25) is 11.6 Å². The van der Waals surface area contributed by atoms with Crippen LogP contribution in [0.1, 0.15) is 18.9 Å². The standard InChI is InChI=1S/C16H16F4N4O3/c1-2-13(25)24-15(9-21-5-6-23-15)14(26)22-8-10-7-11(3-4-12(10)17)27-16(18,19)20/h3-7,9,23H,2,8H2,1H3,(H,22,26)(H,24,25). The van der Waals surface area contributed by atoms with Crippen LogP contribution < -0.4 is 20.7 Å². The highest BCUT2D eigenvalue weighted by Crippen LogP contribution is 2.24. The van der Waals surface area contributed by atoms with Crippen LogP contribution in [0.2, 0.25) is 0 Å². The number of nitrogens with zero attached hydrogens (tertiary/aromatic N) is 1. The molecule has 0 saturated heterocycles. The van der Waals surface area contributed by atoms with Crippen LogP contribution >= 0.6 is 0 Å². The first kappa shape index (κ1) is 20.2. The third-order valence-electron chi connectivity index (χ3n) is 3.45. The molecule has 3 N–H and O–H groups in total. The maximum atomic E-state index is 13.8. The minimum Gasteiger partial charge on any atom is -0.406 e. The van der Waals surface area contributed by atoms with E-state index in [1.165, 1.54) is 12.4 Å². The molecule has 1 heterocycles. The van der Waals surface area contributed by atoms with Gasteiger partial charge in [-0.05, 0) is 18.2 Å². The van der Waals surface area contributed by atoms with E-state index in [1.54, 1.807) is 6.92 Å². The lowest BCUT2D eigenvalue weighted by Gasteiger charge is -2.31. The number of nitrogens with one attached hydrogen (secondary N) is 3. The van der Waals surface area contributed by atoms with E-state index in [1.807, 2.05) is 0 Å². The highest BCUT2D eigenvalue weighted by atomic mass is 19.4. The van der Waals surface area contributed by atoms with Crippen LogP contribution in [0.4, 0.5) is 17.6 Å². The zero-order valence-electron chi connectivity index (χ0n) is 14.1. The van der Waals surface area contributed by atoms with Crippen molar-refractivity contribution in [1.29, 1.82) is 0 Å². The van der Waals surface area contributed by atoms with E-state index in [0.29, 0.717) is 0 Å². The predicted octanol–water partition coefficient (Wildman–Crippen LogP) is 1.71. The van der Waals surface area contributed by atoms with Gasteiger partial charge in [-0.2, -0.15) is 0 Å². The maximum Gasteiger partial charge on any atom is 0.573 e. The van der Waals surface area contributed by atoms with Crippen molar-refractivity contribution in [3.05, 3.63) is 42.0 Å². The summed E-state index contributed by atoms with van der Waals surface area (Å²) in [6.07, 6.45) is -1.01. The average molecular weight is 388 g/mol. The molecule has 1 unspecified atom stereocenters. The molecule has 0 bridgehead atoms. The molecule has 11 heteroatoms. The molecular formula is C16H16F4N4O3. The number of rotatable bonds is 6. The molecule has 1 aromatic carbocycles. The van der Waals surface area contributed by atoms with Crippen LogP contribution in [0, 0.1) is 5.82 Å². The van der Waals surface area contributed by atoms with E-state index < -0.39 is 42.0 Å². The lowest BCUT2D eigenvalue weighted by molar-refractivity contribution is -0.274. The minimum atomic E-state index is -4.93. The zero-order chi connectivity index (χ0) is 20.1. The monoisotopic (exact) mass is 388 g/mol. The molecule has 0 spiro atoms. The molecule has 0 aromatic heterocycles.